The fourth-order valence-electron chi connectivity index (χ4n) is 1.89. The molecule has 0 unspecified atom stereocenters. The molecular weight excluding hydrogens is 507 g/mol. The molecule has 0 nitrogen and oxygen atoms in total. The summed E-state index contributed by atoms with van der Waals surface area (Å²) in [5, 5.41) is 0.919. The van der Waals surface area contributed by atoms with Crippen molar-refractivity contribution in [3.05, 3.63) is 60.6 Å². The van der Waals surface area contributed by atoms with Crippen molar-refractivity contribution in [2.45, 2.75) is 41.0 Å². The molecule has 2 fully saturated rings. The molecular formula is C16H21BClF4Ir-. The fraction of sp³-hybridized carbons (Fsp3) is 0.375. The molecule has 0 aromatic rings. The SMILES string of the molecule is C[C]1[C](C)[C](C)[C](C)[C]1C.Cl[C]1[CH][CH][CH][CH]C1.F[B-](F)(F)F.[Ir]. The molecule has 0 spiro atoms. The van der Waals surface area contributed by atoms with Crippen molar-refractivity contribution in [3.8, 4) is 0 Å². The van der Waals surface area contributed by atoms with Crippen LogP contribution < -0.4 is 0 Å². The Hall–Kier alpha value is 0.724. The van der Waals surface area contributed by atoms with Crippen molar-refractivity contribution in [1.29, 1.82) is 0 Å². The van der Waals surface area contributed by atoms with Crippen molar-refractivity contribution in [2.75, 3.05) is 0 Å². The Morgan fingerprint density at radius 2 is 1.09 bits per heavy atom. The van der Waals surface area contributed by atoms with Gasteiger partial charge in [0.2, 0.25) is 0 Å². The van der Waals surface area contributed by atoms with Gasteiger partial charge in [0.25, 0.3) is 0 Å². The van der Waals surface area contributed by atoms with Crippen molar-refractivity contribution in [2.24, 2.45) is 0 Å². The molecule has 0 aliphatic heterocycles. The third kappa shape index (κ3) is 11.8. The second-order valence-electron chi connectivity index (χ2n) is 5.06. The maximum atomic E-state index is 9.75. The Morgan fingerprint density at radius 1 is 0.783 bits per heavy atom. The quantitative estimate of drug-likeness (QED) is 0.258. The van der Waals surface area contributed by atoms with E-state index in [9.17, 15) is 17.3 Å². The van der Waals surface area contributed by atoms with Crippen LogP contribution in [0.2, 0.25) is 0 Å². The van der Waals surface area contributed by atoms with Crippen molar-refractivity contribution in [3.63, 3.8) is 0 Å². The molecule has 2 aliphatic carbocycles. The van der Waals surface area contributed by atoms with E-state index in [4.69, 9.17) is 11.6 Å². The van der Waals surface area contributed by atoms with Gasteiger partial charge in [-0.1, -0.05) is 34.6 Å². The van der Waals surface area contributed by atoms with E-state index in [1.807, 2.05) is 25.7 Å². The molecule has 0 atom stereocenters. The van der Waals surface area contributed by atoms with Gasteiger partial charge in [0, 0.05) is 20.1 Å². The van der Waals surface area contributed by atoms with Crippen LogP contribution in [-0.4, -0.2) is 7.25 Å². The summed E-state index contributed by atoms with van der Waals surface area (Å²) in [6.45, 7) is 11.0. The Balaban J connectivity index is 0. The number of halogens is 5. The van der Waals surface area contributed by atoms with Crippen LogP contribution in [0.25, 0.3) is 0 Å². The molecule has 11 radical (unpaired) electrons. The first-order valence-electron chi connectivity index (χ1n) is 6.86. The average Bonchev–Trinajstić information content (AvgIpc) is 2.57. The molecule has 23 heavy (non-hydrogen) atoms. The van der Waals surface area contributed by atoms with E-state index in [0.29, 0.717) is 0 Å². The summed E-state index contributed by atoms with van der Waals surface area (Å²) in [4.78, 5) is 0. The third-order valence-electron chi connectivity index (χ3n) is 3.65. The zero-order chi connectivity index (χ0) is 17.5. The molecule has 0 saturated heterocycles. The summed E-state index contributed by atoms with van der Waals surface area (Å²) < 4.78 is 39.0. The second kappa shape index (κ2) is 12.1. The molecule has 7 heteroatoms. The van der Waals surface area contributed by atoms with E-state index in [-0.39, 0.29) is 20.1 Å². The molecule has 133 valence electrons. The van der Waals surface area contributed by atoms with Crippen molar-refractivity contribution >= 4 is 18.9 Å². The van der Waals surface area contributed by atoms with Gasteiger partial charge in [-0.2, -0.15) is 0 Å². The Bertz CT molecular complexity index is 247. The molecule has 0 aromatic heterocycles. The zero-order valence-electron chi connectivity index (χ0n) is 13.8. The summed E-state index contributed by atoms with van der Waals surface area (Å²) in [6.07, 6.45) is 8.76. The fourth-order valence-corrected chi connectivity index (χ4v) is 2.06. The molecule has 2 saturated carbocycles. The molecule has 0 heterocycles. The van der Waals surface area contributed by atoms with Crippen LogP contribution in [0.4, 0.5) is 17.3 Å². The maximum Gasteiger partial charge on any atom is 0.673 e. The smallest absolute Gasteiger partial charge is 0.418 e. The molecule has 0 bridgehead atoms. The van der Waals surface area contributed by atoms with Gasteiger partial charge in [-0.25, -0.2) is 0 Å². The summed E-state index contributed by atoms with van der Waals surface area (Å²) in [7, 11) is -6.00. The van der Waals surface area contributed by atoms with Gasteiger partial charge in [-0.3, -0.25) is 0 Å². The summed E-state index contributed by atoms with van der Waals surface area (Å²) >= 11 is 5.60. The van der Waals surface area contributed by atoms with E-state index in [1.165, 1.54) is 29.6 Å². The molecule has 0 aromatic carbocycles. The van der Waals surface area contributed by atoms with Gasteiger partial charge in [-0.15, -0.1) is 11.6 Å². The first kappa shape index (κ1) is 26.0. The number of rotatable bonds is 0. The van der Waals surface area contributed by atoms with E-state index in [2.05, 4.69) is 34.6 Å². The minimum absolute atomic E-state index is 0. The van der Waals surface area contributed by atoms with Gasteiger partial charge < -0.3 is 17.3 Å². The zero-order valence-corrected chi connectivity index (χ0v) is 17.0. The van der Waals surface area contributed by atoms with E-state index < -0.39 is 7.25 Å². The minimum atomic E-state index is -6.00. The maximum absolute atomic E-state index is 9.75. The first-order valence-corrected chi connectivity index (χ1v) is 7.24. The van der Waals surface area contributed by atoms with Crippen LogP contribution in [0.1, 0.15) is 41.0 Å². The second-order valence-corrected chi connectivity index (χ2v) is 5.54. The van der Waals surface area contributed by atoms with Crippen LogP contribution in [0, 0.1) is 60.6 Å². The van der Waals surface area contributed by atoms with E-state index >= 15 is 0 Å². The summed E-state index contributed by atoms with van der Waals surface area (Å²) in [5.41, 5.74) is 0. The van der Waals surface area contributed by atoms with Crippen LogP contribution in [-0.2, 0) is 20.1 Å². The normalized spacial score (nSPS) is 22.7. The van der Waals surface area contributed by atoms with Gasteiger partial charge in [0.05, 0.1) is 5.38 Å². The van der Waals surface area contributed by atoms with Crippen molar-refractivity contribution < 1.29 is 37.4 Å². The van der Waals surface area contributed by atoms with E-state index in [0.717, 1.165) is 11.8 Å². The minimum Gasteiger partial charge on any atom is -0.418 e. The van der Waals surface area contributed by atoms with Crippen LogP contribution in [0.3, 0.4) is 0 Å². The molecule has 2 rings (SSSR count). The predicted octanol–water partition coefficient (Wildman–Crippen LogP) is 6.25. The summed E-state index contributed by atoms with van der Waals surface area (Å²) in [5.74, 6) is 7.34. The summed E-state index contributed by atoms with van der Waals surface area (Å²) in [6, 6.07) is 0. The number of hydrogen-bond donors (Lipinski definition) is 0. The van der Waals surface area contributed by atoms with E-state index in [1.54, 1.807) is 0 Å². The topological polar surface area (TPSA) is 0 Å². The van der Waals surface area contributed by atoms with Crippen molar-refractivity contribution in [1.82, 2.24) is 0 Å². The van der Waals surface area contributed by atoms with Crippen LogP contribution in [0.15, 0.2) is 0 Å². The largest absolute Gasteiger partial charge is 0.673 e. The Kier molecular flexibility index (Phi) is 13.7. The van der Waals surface area contributed by atoms with Crippen LogP contribution in [0.5, 0.6) is 0 Å². The Labute approximate surface area is 158 Å². The number of hydrogen-bond acceptors (Lipinski definition) is 0. The average molecular weight is 528 g/mol. The van der Waals surface area contributed by atoms with Gasteiger partial charge in [0.15, 0.2) is 0 Å². The van der Waals surface area contributed by atoms with Gasteiger partial charge in [0.1, 0.15) is 0 Å². The molecule has 0 amide bonds. The van der Waals surface area contributed by atoms with Gasteiger partial charge >= 0.3 is 7.25 Å². The van der Waals surface area contributed by atoms with Crippen LogP contribution >= 0.6 is 11.6 Å². The molecule has 2 aliphatic rings. The Morgan fingerprint density at radius 3 is 1.22 bits per heavy atom. The van der Waals surface area contributed by atoms with Gasteiger partial charge in [-0.05, 0) is 61.7 Å². The molecule has 0 N–H and O–H groups in total. The third-order valence-corrected chi connectivity index (χ3v) is 3.93. The predicted molar refractivity (Wildman–Crippen MR) is 85.7 cm³/mol. The standard InChI is InChI=1S/C10H15.C6H6Cl.BF4.Ir/c1-6-7(2)9(4)10(5)8(6)3;7-6-4-2-1-3-5-6;2-1(3,4)5;/h1-5H3;1-4H,5H2;;/q;;-1;. The first-order chi connectivity index (χ1) is 9.95. The monoisotopic (exact) mass is 528 g/mol.